The molecule has 1 unspecified atom stereocenters. The van der Waals surface area contributed by atoms with Gasteiger partial charge in [0.1, 0.15) is 5.15 Å². The molecule has 1 aromatic rings. The average Bonchev–Trinajstić information content (AvgIpc) is 2.30. The van der Waals surface area contributed by atoms with Gasteiger partial charge in [0.25, 0.3) is 0 Å². The third-order valence-corrected chi connectivity index (χ3v) is 4.01. The van der Waals surface area contributed by atoms with Gasteiger partial charge in [-0.05, 0) is 31.9 Å². The van der Waals surface area contributed by atoms with E-state index in [2.05, 4.69) is 30.1 Å². The minimum atomic E-state index is 0.496. The third-order valence-electron chi connectivity index (χ3n) is 2.74. The highest BCUT2D eigenvalue weighted by molar-refractivity contribution is 7.98. The summed E-state index contributed by atoms with van der Waals surface area (Å²) in [5.41, 5.74) is 0.848. The Balaban J connectivity index is 2.72. The molecule has 0 aromatic carbocycles. The Labute approximate surface area is 118 Å². The highest BCUT2D eigenvalue weighted by Gasteiger charge is 2.14. The van der Waals surface area contributed by atoms with Crippen molar-refractivity contribution in [3.63, 3.8) is 0 Å². The largest absolute Gasteiger partial charge is 0.297 e. The van der Waals surface area contributed by atoms with Crippen molar-refractivity contribution < 1.29 is 0 Å². The molecule has 0 N–H and O–H groups in total. The molecule has 0 saturated carbocycles. The van der Waals surface area contributed by atoms with Crippen molar-refractivity contribution >= 4 is 35.0 Å². The zero-order valence-corrected chi connectivity index (χ0v) is 12.7. The van der Waals surface area contributed by atoms with Crippen LogP contribution in [0.1, 0.15) is 19.0 Å². The van der Waals surface area contributed by atoms with Gasteiger partial charge in [-0.2, -0.15) is 11.8 Å². The van der Waals surface area contributed by atoms with Crippen LogP contribution in [-0.2, 0) is 6.54 Å². The minimum Gasteiger partial charge on any atom is -0.297 e. The van der Waals surface area contributed by atoms with Gasteiger partial charge in [0.05, 0.1) is 10.7 Å². The van der Waals surface area contributed by atoms with Crippen molar-refractivity contribution in [1.82, 2.24) is 9.88 Å². The van der Waals surface area contributed by atoms with Crippen molar-refractivity contribution in [3.8, 4) is 0 Å². The average molecular weight is 293 g/mol. The highest BCUT2D eigenvalue weighted by Crippen LogP contribution is 2.20. The maximum absolute atomic E-state index is 6.11. The Bertz CT molecular complexity index is 360. The maximum atomic E-state index is 6.11. The number of rotatable bonds is 6. The first-order chi connectivity index (χ1) is 8.08. The molecule has 5 heteroatoms. The van der Waals surface area contributed by atoms with Gasteiger partial charge < -0.3 is 0 Å². The fourth-order valence-corrected chi connectivity index (χ4v) is 2.89. The molecule has 0 aliphatic carbocycles. The van der Waals surface area contributed by atoms with Gasteiger partial charge in [-0.15, -0.1) is 0 Å². The molecule has 0 aliphatic heterocycles. The number of hydrogen-bond acceptors (Lipinski definition) is 3. The Hall–Kier alpha value is 0.0400. The van der Waals surface area contributed by atoms with Crippen LogP contribution in [0.3, 0.4) is 0 Å². The molecular weight excluding hydrogens is 275 g/mol. The van der Waals surface area contributed by atoms with Crippen molar-refractivity contribution in [2.75, 3.05) is 19.1 Å². The monoisotopic (exact) mass is 292 g/mol. The van der Waals surface area contributed by atoms with Gasteiger partial charge in [0.15, 0.2) is 0 Å². The molecule has 0 fully saturated rings. The van der Waals surface area contributed by atoms with Crippen LogP contribution in [0.5, 0.6) is 0 Å². The zero-order valence-electron chi connectivity index (χ0n) is 10.4. The van der Waals surface area contributed by atoms with Crippen molar-refractivity contribution in [1.29, 1.82) is 0 Å². The van der Waals surface area contributed by atoms with Crippen LogP contribution in [0.15, 0.2) is 12.1 Å². The smallest absolute Gasteiger partial charge is 0.129 e. The standard InChI is InChI=1S/C12H18Cl2N2S/c1-4-9(8-17-3)16(2)7-11-10(13)5-6-12(14)15-11/h5-6,9H,4,7-8H2,1-3H3. The van der Waals surface area contributed by atoms with Gasteiger partial charge in [0, 0.05) is 18.3 Å². The molecule has 0 spiro atoms. The summed E-state index contributed by atoms with van der Waals surface area (Å²) in [6.07, 6.45) is 3.25. The van der Waals surface area contributed by atoms with E-state index in [-0.39, 0.29) is 0 Å². The molecule has 0 radical (unpaired) electrons. The zero-order chi connectivity index (χ0) is 12.8. The van der Waals surface area contributed by atoms with Crippen LogP contribution in [0, 0.1) is 0 Å². The fourth-order valence-electron chi connectivity index (χ4n) is 1.68. The van der Waals surface area contributed by atoms with Crippen LogP contribution in [-0.4, -0.2) is 35.0 Å². The van der Waals surface area contributed by atoms with Gasteiger partial charge in [-0.25, -0.2) is 4.98 Å². The van der Waals surface area contributed by atoms with Crippen molar-refractivity contribution in [3.05, 3.63) is 28.0 Å². The molecule has 1 heterocycles. The Kier molecular flexibility index (Phi) is 6.63. The second kappa shape index (κ2) is 7.47. The summed E-state index contributed by atoms with van der Waals surface area (Å²) in [6.45, 7) is 2.93. The van der Waals surface area contributed by atoms with Crippen molar-refractivity contribution in [2.24, 2.45) is 0 Å². The van der Waals surface area contributed by atoms with Gasteiger partial charge in [-0.3, -0.25) is 4.90 Å². The lowest BCUT2D eigenvalue weighted by molar-refractivity contribution is 0.245. The lowest BCUT2D eigenvalue weighted by Gasteiger charge is -2.26. The molecule has 96 valence electrons. The number of thioether (sulfide) groups is 1. The SMILES string of the molecule is CCC(CSC)N(C)Cc1nc(Cl)ccc1Cl. The predicted molar refractivity (Wildman–Crippen MR) is 78.2 cm³/mol. The second-order valence-corrected chi connectivity index (χ2v) is 5.70. The molecule has 2 nitrogen and oxygen atoms in total. The van der Waals surface area contributed by atoms with Crippen LogP contribution >= 0.6 is 35.0 Å². The number of halogens is 2. The molecule has 0 saturated heterocycles. The molecule has 0 amide bonds. The first-order valence-electron chi connectivity index (χ1n) is 5.58. The first-order valence-corrected chi connectivity index (χ1v) is 7.73. The molecule has 1 aromatic heterocycles. The summed E-state index contributed by atoms with van der Waals surface area (Å²) in [6, 6.07) is 4.06. The van der Waals surface area contributed by atoms with Gasteiger partial charge in [-0.1, -0.05) is 30.1 Å². The molecular formula is C12H18Cl2N2S. The van der Waals surface area contributed by atoms with E-state index in [1.165, 1.54) is 0 Å². The quantitative estimate of drug-likeness (QED) is 0.739. The van der Waals surface area contributed by atoms with Crippen LogP contribution in [0.25, 0.3) is 0 Å². The van der Waals surface area contributed by atoms with E-state index in [0.29, 0.717) is 16.2 Å². The van der Waals surface area contributed by atoms with Crippen LogP contribution in [0.2, 0.25) is 10.2 Å². The number of pyridine rings is 1. The van der Waals surface area contributed by atoms with E-state index in [1.54, 1.807) is 12.1 Å². The first kappa shape index (κ1) is 15.1. The normalized spacial score (nSPS) is 13.1. The van der Waals surface area contributed by atoms with E-state index in [4.69, 9.17) is 23.2 Å². The lowest BCUT2D eigenvalue weighted by atomic mass is 10.2. The van der Waals surface area contributed by atoms with Crippen molar-refractivity contribution in [2.45, 2.75) is 25.9 Å². The third kappa shape index (κ3) is 4.66. The summed E-state index contributed by atoms with van der Waals surface area (Å²) >= 11 is 13.9. The van der Waals surface area contributed by atoms with E-state index in [0.717, 1.165) is 24.4 Å². The van der Waals surface area contributed by atoms with Gasteiger partial charge in [0.2, 0.25) is 0 Å². The molecule has 0 bridgehead atoms. The maximum Gasteiger partial charge on any atom is 0.129 e. The van der Waals surface area contributed by atoms with Gasteiger partial charge >= 0.3 is 0 Å². The van der Waals surface area contributed by atoms with E-state index in [1.807, 2.05) is 11.8 Å². The molecule has 17 heavy (non-hydrogen) atoms. The Morgan fingerprint density at radius 1 is 1.41 bits per heavy atom. The fraction of sp³-hybridized carbons (Fsp3) is 0.583. The van der Waals surface area contributed by atoms with Crippen LogP contribution in [0.4, 0.5) is 0 Å². The topological polar surface area (TPSA) is 16.1 Å². The minimum absolute atomic E-state index is 0.496. The summed E-state index contributed by atoms with van der Waals surface area (Å²) in [7, 11) is 2.10. The summed E-state index contributed by atoms with van der Waals surface area (Å²) < 4.78 is 0. The highest BCUT2D eigenvalue weighted by atomic mass is 35.5. The van der Waals surface area contributed by atoms with E-state index in [9.17, 15) is 0 Å². The number of nitrogens with zero attached hydrogens (tertiary/aromatic N) is 2. The number of hydrogen-bond donors (Lipinski definition) is 0. The van der Waals surface area contributed by atoms with E-state index < -0.39 is 0 Å². The summed E-state index contributed by atoms with van der Waals surface area (Å²) in [5, 5.41) is 1.18. The molecule has 1 rings (SSSR count). The lowest BCUT2D eigenvalue weighted by Crippen LogP contribution is -2.33. The summed E-state index contributed by atoms with van der Waals surface area (Å²) in [4.78, 5) is 6.55. The summed E-state index contributed by atoms with van der Waals surface area (Å²) in [5.74, 6) is 1.12. The second-order valence-electron chi connectivity index (χ2n) is 4.00. The van der Waals surface area contributed by atoms with Crippen LogP contribution < -0.4 is 0 Å². The Morgan fingerprint density at radius 2 is 2.12 bits per heavy atom. The molecule has 0 aliphatic rings. The predicted octanol–water partition coefficient (Wildman–Crippen LogP) is 3.96. The van der Waals surface area contributed by atoms with E-state index >= 15 is 0 Å². The molecule has 1 atom stereocenters. The Morgan fingerprint density at radius 3 is 2.71 bits per heavy atom. The number of aromatic nitrogens is 1.